The predicted octanol–water partition coefficient (Wildman–Crippen LogP) is 18.5. The molecule has 2 aliphatic rings. The summed E-state index contributed by atoms with van der Waals surface area (Å²) in [6, 6.07) is 30.5. The molecule has 0 radical (unpaired) electrons. The average Bonchev–Trinajstić information content (AvgIpc) is 2.03. The van der Waals surface area contributed by atoms with Gasteiger partial charge in [0.1, 0.15) is 22.4 Å². The number of carbonyl (C=O) groups is 4. The van der Waals surface area contributed by atoms with E-state index in [1.54, 1.807) is 0 Å². The second-order valence-corrected chi connectivity index (χ2v) is 28.2. The van der Waals surface area contributed by atoms with Crippen LogP contribution in [0.25, 0.3) is 33.4 Å². The zero-order chi connectivity index (χ0) is 60.5. The SMILES string of the molecule is CC(C)(C)OC(=O)NCCCCCCC1(CCCCCCNC(=O)OC(C)(C)C)c2ccccc2-c2ccc(-c3ccc4c(c3)C(CCCCCCNC(=O)OC(C)(C)C)(CCCCCCNC(=O)OC(C)(C)C)c3cc(Br)ccc3-4)cc21. The Balaban J connectivity index is 1.28. The van der Waals surface area contributed by atoms with Crippen LogP contribution in [0.4, 0.5) is 19.2 Å². The number of halogens is 1. The Labute approximate surface area is 507 Å². The topological polar surface area (TPSA) is 153 Å². The highest BCUT2D eigenvalue weighted by atomic mass is 79.9. The Kier molecular flexibility index (Phi) is 24.1. The highest BCUT2D eigenvalue weighted by Gasteiger charge is 2.44. The lowest BCUT2D eigenvalue weighted by molar-refractivity contribution is 0.0515. The van der Waals surface area contributed by atoms with Crippen LogP contribution in [0.1, 0.15) is 234 Å². The molecule has 0 spiro atoms. The van der Waals surface area contributed by atoms with E-state index in [2.05, 4.69) is 116 Å². The molecule has 13 heteroatoms. The van der Waals surface area contributed by atoms with E-state index in [0.717, 1.165) is 133 Å². The number of amides is 4. The molecule has 83 heavy (non-hydrogen) atoms. The maximum atomic E-state index is 12.4. The third-order valence-corrected chi connectivity index (χ3v) is 16.2. The number of unbranched alkanes of at least 4 members (excludes halogenated alkanes) is 12. The molecule has 0 heterocycles. The van der Waals surface area contributed by atoms with Gasteiger partial charge in [0.05, 0.1) is 0 Å². The van der Waals surface area contributed by atoms with E-state index < -0.39 is 22.4 Å². The van der Waals surface area contributed by atoms with Gasteiger partial charge >= 0.3 is 24.4 Å². The van der Waals surface area contributed by atoms with Crippen molar-refractivity contribution in [3.05, 3.63) is 106 Å². The maximum Gasteiger partial charge on any atom is 0.407 e. The second-order valence-electron chi connectivity index (χ2n) is 27.3. The van der Waals surface area contributed by atoms with Gasteiger partial charge in [-0.1, -0.05) is 148 Å². The summed E-state index contributed by atoms with van der Waals surface area (Å²) in [5, 5.41) is 11.8. The average molecular weight is 1210 g/mol. The van der Waals surface area contributed by atoms with Crippen LogP contribution in [0.2, 0.25) is 0 Å². The molecule has 0 saturated heterocycles. The van der Waals surface area contributed by atoms with Gasteiger partial charge in [-0.05, 0) is 214 Å². The van der Waals surface area contributed by atoms with Crippen LogP contribution >= 0.6 is 15.9 Å². The number of fused-ring (bicyclic) bond motifs is 6. The van der Waals surface area contributed by atoms with E-state index in [1.165, 1.54) is 55.6 Å². The molecular formula is C70H101BrN4O8. The number of alkyl carbamates (subject to hydrolysis) is 4. The fourth-order valence-corrected chi connectivity index (χ4v) is 12.6. The van der Waals surface area contributed by atoms with E-state index in [0.29, 0.717) is 26.2 Å². The molecule has 0 atom stereocenters. The van der Waals surface area contributed by atoms with E-state index >= 15 is 0 Å². The van der Waals surface area contributed by atoms with Crippen molar-refractivity contribution < 1.29 is 38.1 Å². The number of benzene rings is 4. The number of nitrogens with one attached hydrogen (secondary N) is 4. The number of ether oxygens (including phenoxy) is 4. The first-order valence-electron chi connectivity index (χ1n) is 31.3. The first-order valence-corrected chi connectivity index (χ1v) is 32.1. The monoisotopic (exact) mass is 1200 g/mol. The van der Waals surface area contributed by atoms with Gasteiger partial charge in [-0.2, -0.15) is 0 Å². The zero-order valence-electron chi connectivity index (χ0n) is 52.6. The molecule has 4 aromatic carbocycles. The lowest BCUT2D eigenvalue weighted by Gasteiger charge is -2.34. The van der Waals surface area contributed by atoms with Crippen LogP contribution in [-0.2, 0) is 29.8 Å². The van der Waals surface area contributed by atoms with Crippen molar-refractivity contribution in [1.82, 2.24) is 21.3 Å². The first kappa shape index (κ1) is 66.6. The van der Waals surface area contributed by atoms with Crippen molar-refractivity contribution in [2.24, 2.45) is 0 Å². The molecule has 0 fully saturated rings. The van der Waals surface area contributed by atoms with E-state index in [4.69, 9.17) is 18.9 Å². The van der Waals surface area contributed by atoms with Crippen molar-refractivity contribution in [3.63, 3.8) is 0 Å². The van der Waals surface area contributed by atoms with Crippen molar-refractivity contribution in [2.45, 2.75) is 245 Å². The Morgan fingerprint density at radius 3 is 0.964 bits per heavy atom. The second kappa shape index (κ2) is 30.0. The van der Waals surface area contributed by atoms with Gasteiger partial charge in [0.25, 0.3) is 0 Å². The van der Waals surface area contributed by atoms with Gasteiger partial charge in [0, 0.05) is 41.5 Å². The normalized spacial score (nSPS) is 13.9. The molecule has 4 aromatic rings. The lowest BCUT2D eigenvalue weighted by atomic mass is 9.69. The van der Waals surface area contributed by atoms with Gasteiger partial charge in [-0.15, -0.1) is 0 Å². The summed E-state index contributed by atoms with van der Waals surface area (Å²) in [5.74, 6) is 0. The Hall–Kier alpha value is -5.56. The van der Waals surface area contributed by atoms with Crippen LogP contribution in [-0.4, -0.2) is 73.0 Å². The lowest BCUT2D eigenvalue weighted by Crippen LogP contribution is -2.33. The summed E-state index contributed by atoms with van der Waals surface area (Å²) in [6.07, 6.45) is 18.6. The van der Waals surface area contributed by atoms with Crippen LogP contribution in [0.3, 0.4) is 0 Å². The van der Waals surface area contributed by atoms with Gasteiger partial charge in [0.15, 0.2) is 0 Å². The standard InChI is InChI=1S/C70H101BrN4O8/c1-65(2,3)80-61(76)72-43-27-17-13-23-39-69(40-24-14-18-28-44-73-62(77)81-66(4,5)6)57-32-22-21-31-53(57)54-36-33-50(47-58(54)69)51-34-37-55-56-38-35-52(71)49-60(56)70(59(55)48-51,41-25-15-19-29-45-74-63(78)82-67(7,8)9)42-26-16-20-30-46-75-64(79)83-68(10,11)12/h21-22,31-38,47-49H,13-20,23-30,39-46H2,1-12H3,(H,72,76)(H,73,77)(H,74,78)(H,75,79). The highest BCUT2D eigenvalue weighted by molar-refractivity contribution is 9.10. The largest absolute Gasteiger partial charge is 0.444 e. The number of hydrogen-bond acceptors (Lipinski definition) is 8. The molecular weight excluding hydrogens is 1100 g/mol. The van der Waals surface area contributed by atoms with E-state index in [-0.39, 0.29) is 35.2 Å². The minimum absolute atomic E-state index is 0.181. The molecule has 0 saturated carbocycles. The Morgan fingerprint density at radius 2 is 0.627 bits per heavy atom. The molecule has 2 aliphatic carbocycles. The van der Waals surface area contributed by atoms with Crippen LogP contribution in [0.5, 0.6) is 0 Å². The molecule has 0 aliphatic heterocycles. The summed E-state index contributed by atoms with van der Waals surface area (Å²) in [5.41, 5.74) is 10.8. The smallest absolute Gasteiger partial charge is 0.407 e. The molecule has 4 N–H and O–H groups in total. The fraction of sp³-hybridized carbons (Fsp3) is 0.600. The number of rotatable bonds is 29. The van der Waals surface area contributed by atoms with Gasteiger partial charge in [-0.25, -0.2) is 19.2 Å². The minimum atomic E-state index is -0.534. The van der Waals surface area contributed by atoms with E-state index in [9.17, 15) is 19.2 Å². The minimum Gasteiger partial charge on any atom is -0.444 e. The zero-order valence-corrected chi connectivity index (χ0v) is 54.2. The molecule has 0 bridgehead atoms. The van der Waals surface area contributed by atoms with Gasteiger partial charge in [-0.3, -0.25) is 0 Å². The van der Waals surface area contributed by atoms with Crippen molar-refractivity contribution in [3.8, 4) is 33.4 Å². The first-order chi connectivity index (χ1) is 39.2. The molecule has 0 unspecified atom stereocenters. The molecule has 4 amide bonds. The Bertz CT molecular complexity index is 2700. The third-order valence-electron chi connectivity index (χ3n) is 15.7. The quantitative estimate of drug-likeness (QED) is 0.0310. The summed E-state index contributed by atoms with van der Waals surface area (Å²) >= 11 is 3.91. The van der Waals surface area contributed by atoms with Gasteiger partial charge < -0.3 is 40.2 Å². The van der Waals surface area contributed by atoms with Crippen molar-refractivity contribution in [1.29, 1.82) is 0 Å². The highest BCUT2D eigenvalue weighted by Crippen LogP contribution is 2.57. The number of hydrogen-bond donors (Lipinski definition) is 4. The molecule has 6 rings (SSSR count). The van der Waals surface area contributed by atoms with Crippen LogP contribution < -0.4 is 21.3 Å². The van der Waals surface area contributed by atoms with Crippen molar-refractivity contribution >= 4 is 40.3 Å². The van der Waals surface area contributed by atoms with Crippen LogP contribution in [0.15, 0.2) is 83.3 Å². The van der Waals surface area contributed by atoms with E-state index in [1.807, 2.05) is 83.1 Å². The summed E-state index contributed by atoms with van der Waals surface area (Å²) < 4.78 is 23.1. The van der Waals surface area contributed by atoms with Crippen molar-refractivity contribution in [2.75, 3.05) is 26.2 Å². The third kappa shape index (κ3) is 20.3. The molecule has 0 aromatic heterocycles. The van der Waals surface area contributed by atoms with Crippen LogP contribution in [0, 0.1) is 0 Å². The summed E-state index contributed by atoms with van der Waals surface area (Å²) in [4.78, 5) is 49.7. The summed E-state index contributed by atoms with van der Waals surface area (Å²) in [7, 11) is 0. The molecule has 12 nitrogen and oxygen atoms in total. The summed E-state index contributed by atoms with van der Waals surface area (Å²) in [6.45, 7) is 25.0. The predicted molar refractivity (Wildman–Crippen MR) is 341 cm³/mol. The maximum absolute atomic E-state index is 12.4. The fourth-order valence-electron chi connectivity index (χ4n) is 12.2. The number of carbonyl (C=O) groups excluding carboxylic acids is 4. The van der Waals surface area contributed by atoms with Gasteiger partial charge in [0.2, 0.25) is 0 Å². The Morgan fingerprint density at radius 1 is 0.349 bits per heavy atom. The molecule has 456 valence electrons.